The van der Waals surface area contributed by atoms with Gasteiger partial charge in [0.05, 0.1) is 6.21 Å². The quantitative estimate of drug-likeness (QED) is 0.150. The van der Waals surface area contributed by atoms with Gasteiger partial charge in [-0.05, 0) is 44.5 Å². The van der Waals surface area contributed by atoms with Gasteiger partial charge in [-0.3, -0.25) is 10.2 Å². The maximum Gasteiger partial charge on any atom is 0.437 e. The first-order valence-electron chi connectivity index (χ1n) is 12.3. The number of ether oxygens (including phenoxy) is 4. The van der Waals surface area contributed by atoms with Gasteiger partial charge in [0.2, 0.25) is 0 Å². The number of hydrogen-bond acceptors (Lipinski definition) is 7. The molecule has 2 aliphatic heterocycles. The monoisotopic (exact) mass is 496 g/mol. The van der Waals surface area contributed by atoms with Crippen molar-refractivity contribution in [3.8, 4) is 0 Å². The fourth-order valence-electron chi connectivity index (χ4n) is 4.08. The van der Waals surface area contributed by atoms with Crippen molar-refractivity contribution in [3.05, 3.63) is 29.3 Å². The fourth-order valence-corrected chi connectivity index (χ4v) is 4.21. The van der Waals surface area contributed by atoms with Crippen LogP contribution in [0.4, 0.5) is 10.5 Å². The van der Waals surface area contributed by atoms with Crippen LogP contribution < -0.4 is 5.32 Å². The van der Waals surface area contributed by atoms with E-state index < -0.39 is 30.4 Å². The Hall–Kier alpha value is -1.71. The van der Waals surface area contributed by atoms with Crippen LogP contribution in [-0.4, -0.2) is 49.3 Å². The van der Waals surface area contributed by atoms with Gasteiger partial charge in [-0.2, -0.15) is 0 Å². The summed E-state index contributed by atoms with van der Waals surface area (Å²) < 4.78 is 23.9. The number of amides is 1. The summed E-state index contributed by atoms with van der Waals surface area (Å²) in [5.74, 6) is -0.744. The first-order chi connectivity index (χ1) is 16.4. The molecule has 2 saturated heterocycles. The molecule has 0 aliphatic carbocycles. The molecule has 1 aromatic carbocycles. The predicted molar refractivity (Wildman–Crippen MR) is 131 cm³/mol. The predicted octanol–water partition coefficient (Wildman–Crippen LogP) is 6.28. The lowest BCUT2D eigenvalue weighted by Gasteiger charge is -2.24. The third-order valence-corrected chi connectivity index (χ3v) is 6.02. The van der Waals surface area contributed by atoms with Crippen molar-refractivity contribution >= 4 is 29.6 Å². The number of fused-ring (bicyclic) bond motifs is 1. The molecule has 2 fully saturated rings. The van der Waals surface area contributed by atoms with E-state index in [1.807, 2.05) is 13.8 Å². The van der Waals surface area contributed by atoms with Crippen LogP contribution in [-0.2, 0) is 23.8 Å². The number of carbonyl (C=O) groups excluding carboxylic acids is 1. The number of nitrogens with one attached hydrogen (secondary N) is 1. The summed E-state index contributed by atoms with van der Waals surface area (Å²) in [4.78, 5) is 16.9. The Morgan fingerprint density at radius 3 is 2.47 bits per heavy atom. The van der Waals surface area contributed by atoms with Crippen molar-refractivity contribution in [3.63, 3.8) is 0 Å². The molecule has 4 atom stereocenters. The number of benzene rings is 1. The molecule has 1 N–H and O–H groups in total. The highest BCUT2D eigenvalue weighted by molar-refractivity contribution is 6.30. The lowest BCUT2D eigenvalue weighted by molar-refractivity contribution is -0.209. The number of hydrogen-bond donors (Lipinski definition) is 1. The van der Waals surface area contributed by atoms with Gasteiger partial charge in [0.1, 0.15) is 18.3 Å². The van der Waals surface area contributed by atoms with E-state index in [1.165, 1.54) is 44.7 Å². The van der Waals surface area contributed by atoms with E-state index in [0.717, 1.165) is 12.8 Å². The number of halogens is 1. The summed E-state index contributed by atoms with van der Waals surface area (Å²) >= 11 is 5.85. The van der Waals surface area contributed by atoms with Crippen molar-refractivity contribution in [2.24, 2.45) is 5.16 Å². The molecule has 190 valence electrons. The van der Waals surface area contributed by atoms with Gasteiger partial charge in [-0.25, -0.2) is 4.79 Å². The molecule has 0 aromatic heterocycles. The van der Waals surface area contributed by atoms with Gasteiger partial charge in [-0.15, -0.1) is 0 Å². The molecule has 0 bridgehead atoms. The number of nitrogens with zero attached hydrogens (tertiary/aromatic N) is 1. The minimum Gasteiger partial charge on any atom is -0.372 e. The van der Waals surface area contributed by atoms with Crippen LogP contribution in [0.1, 0.15) is 72.1 Å². The molecule has 9 heteroatoms. The van der Waals surface area contributed by atoms with E-state index in [0.29, 0.717) is 17.3 Å². The van der Waals surface area contributed by atoms with Gasteiger partial charge in [0, 0.05) is 17.3 Å². The molecule has 2 heterocycles. The Bertz CT molecular complexity index is 788. The number of carbonyl (C=O) groups is 1. The molecule has 1 aromatic rings. The first-order valence-corrected chi connectivity index (χ1v) is 12.7. The second kappa shape index (κ2) is 13.4. The highest BCUT2D eigenvalue weighted by Crippen LogP contribution is 2.38. The number of anilines is 1. The zero-order valence-corrected chi connectivity index (χ0v) is 21.1. The lowest BCUT2D eigenvalue weighted by Crippen LogP contribution is -2.38. The van der Waals surface area contributed by atoms with Crippen molar-refractivity contribution in [2.75, 3.05) is 11.9 Å². The second-order valence-electron chi connectivity index (χ2n) is 9.14. The Morgan fingerprint density at radius 1 is 1.09 bits per heavy atom. The van der Waals surface area contributed by atoms with Crippen LogP contribution >= 0.6 is 11.6 Å². The Labute approximate surface area is 207 Å². The average molecular weight is 497 g/mol. The fraction of sp³-hybridized carbons (Fsp3) is 0.680. The van der Waals surface area contributed by atoms with Gasteiger partial charge in [-0.1, -0.05) is 68.6 Å². The summed E-state index contributed by atoms with van der Waals surface area (Å²) in [6.07, 6.45) is 8.61. The summed E-state index contributed by atoms with van der Waals surface area (Å²) in [6, 6.07) is 6.67. The van der Waals surface area contributed by atoms with E-state index in [1.54, 1.807) is 24.3 Å². The van der Waals surface area contributed by atoms with Crippen LogP contribution in [0.2, 0.25) is 5.02 Å². The third-order valence-electron chi connectivity index (χ3n) is 5.77. The molecule has 8 nitrogen and oxygen atoms in total. The first kappa shape index (κ1) is 26.9. The van der Waals surface area contributed by atoms with Crippen LogP contribution in [0.5, 0.6) is 0 Å². The standard InChI is InChI=1S/C25H37ClN2O6/c1-4-5-6-7-8-9-10-11-16-30-21-20(31-23-22(21)32-25(2,3)33-23)17-27-34-24(29)28-19-14-12-18(26)13-15-19/h12-15,17,20-23H,4-11,16H2,1-3H3,(H,28,29)/t20-,21+,22-,23-/m1/s1. The number of oxime groups is 1. The number of unbranched alkanes of at least 4 members (excludes halogenated alkanes) is 7. The molecular formula is C25H37ClN2O6. The van der Waals surface area contributed by atoms with E-state index in [9.17, 15) is 4.79 Å². The van der Waals surface area contributed by atoms with E-state index in [-0.39, 0.29) is 6.10 Å². The van der Waals surface area contributed by atoms with Crippen LogP contribution in [0.25, 0.3) is 0 Å². The largest absolute Gasteiger partial charge is 0.437 e. The van der Waals surface area contributed by atoms with Crippen molar-refractivity contribution < 1.29 is 28.6 Å². The topological polar surface area (TPSA) is 87.6 Å². The minimum absolute atomic E-state index is 0.372. The Kier molecular flexibility index (Phi) is 10.6. The lowest BCUT2D eigenvalue weighted by atomic mass is 10.1. The Morgan fingerprint density at radius 2 is 1.76 bits per heavy atom. The minimum atomic E-state index is -0.744. The third kappa shape index (κ3) is 8.50. The van der Waals surface area contributed by atoms with Gasteiger partial charge in [0.25, 0.3) is 0 Å². The molecule has 2 aliphatic rings. The Balaban J connectivity index is 1.44. The van der Waals surface area contributed by atoms with Crippen LogP contribution in [0.3, 0.4) is 0 Å². The molecule has 3 rings (SSSR count). The summed E-state index contributed by atoms with van der Waals surface area (Å²) in [5.41, 5.74) is 0.548. The molecule has 0 spiro atoms. The van der Waals surface area contributed by atoms with E-state index in [4.69, 9.17) is 35.4 Å². The number of rotatable bonds is 13. The molecule has 34 heavy (non-hydrogen) atoms. The second-order valence-corrected chi connectivity index (χ2v) is 9.58. The molecule has 0 saturated carbocycles. The smallest absolute Gasteiger partial charge is 0.372 e. The molecule has 0 unspecified atom stereocenters. The van der Waals surface area contributed by atoms with Crippen molar-refractivity contribution in [1.29, 1.82) is 0 Å². The van der Waals surface area contributed by atoms with Crippen LogP contribution in [0, 0.1) is 0 Å². The maximum atomic E-state index is 12.0. The van der Waals surface area contributed by atoms with Crippen molar-refractivity contribution in [2.45, 2.75) is 103 Å². The summed E-state index contributed by atoms with van der Waals surface area (Å²) in [5, 5.41) is 6.94. The van der Waals surface area contributed by atoms with Crippen LogP contribution in [0.15, 0.2) is 29.4 Å². The molecule has 0 radical (unpaired) electrons. The summed E-state index contributed by atoms with van der Waals surface area (Å²) in [6.45, 7) is 6.52. The van der Waals surface area contributed by atoms with Gasteiger partial charge in [0.15, 0.2) is 12.1 Å². The maximum absolute atomic E-state index is 12.0. The average Bonchev–Trinajstić information content (AvgIpc) is 3.25. The van der Waals surface area contributed by atoms with Gasteiger partial charge >= 0.3 is 6.09 Å². The van der Waals surface area contributed by atoms with Crippen molar-refractivity contribution in [1.82, 2.24) is 0 Å². The zero-order chi connectivity index (χ0) is 24.4. The van der Waals surface area contributed by atoms with E-state index in [2.05, 4.69) is 17.4 Å². The summed E-state index contributed by atoms with van der Waals surface area (Å²) in [7, 11) is 0. The SMILES string of the molecule is CCCCCCCCCCO[C@@H]1[C@H]2OC(C)(C)O[C@H]2O[C@@H]1C=NOC(=O)Nc1ccc(Cl)cc1. The molecular weight excluding hydrogens is 460 g/mol. The highest BCUT2D eigenvalue weighted by atomic mass is 35.5. The highest BCUT2D eigenvalue weighted by Gasteiger charge is 2.55. The van der Waals surface area contributed by atoms with Gasteiger partial charge < -0.3 is 18.9 Å². The normalized spacial score (nSPS) is 25.5. The zero-order valence-electron chi connectivity index (χ0n) is 20.3. The molecule has 1 amide bonds. The van der Waals surface area contributed by atoms with E-state index >= 15 is 0 Å².